The second kappa shape index (κ2) is 28.2. The molecule has 4 rings (SSSR count). The van der Waals surface area contributed by atoms with Crippen molar-refractivity contribution in [3.8, 4) is 0 Å². The first-order valence-corrected chi connectivity index (χ1v) is 28.9. The van der Waals surface area contributed by atoms with Gasteiger partial charge in [-0.2, -0.15) is 46.8 Å². The van der Waals surface area contributed by atoms with Gasteiger partial charge in [0.1, 0.15) is 77.4 Å². The summed E-state index contributed by atoms with van der Waals surface area (Å²) in [5, 5.41) is 86.0. The zero-order valence-corrected chi connectivity index (χ0v) is 45.1. The Bertz CT molecular complexity index is 2650. The quantitative estimate of drug-likeness (QED) is 0.0257. The first-order chi connectivity index (χ1) is 35.5. The molecule has 0 bridgehead atoms. The lowest BCUT2D eigenvalue weighted by Crippen LogP contribution is -2.71. The Hall–Kier alpha value is -2.52. The molecular formula is C31H53N3O37S7. The second-order valence-electron chi connectivity index (χ2n) is 16.1. The molecule has 0 aromatic rings. The zero-order chi connectivity index (χ0) is 60.0. The second-order valence-corrected chi connectivity index (χ2v) is 22.6. The van der Waals surface area contributed by atoms with Gasteiger partial charge >= 0.3 is 63.8 Å². The van der Waals surface area contributed by atoms with Gasteiger partial charge in [0.05, 0.1) is 13.2 Å². The smallest absolute Gasteiger partial charge is 0.397 e. The Kier molecular flexibility index (Phi) is 25.2. The number of carboxylic acids is 2. The maximum Gasteiger partial charge on any atom is 0.397 e. The van der Waals surface area contributed by atoms with E-state index in [1.54, 1.807) is 0 Å². The largest absolute Gasteiger partial charge is 0.479 e. The van der Waals surface area contributed by atoms with Crippen molar-refractivity contribution < 1.29 is 170 Å². The van der Waals surface area contributed by atoms with E-state index in [2.05, 4.69) is 43.2 Å². The molecule has 4 aliphatic heterocycles. The molecule has 456 valence electrons. The number of amides is 1. The van der Waals surface area contributed by atoms with Gasteiger partial charge in [0.2, 0.25) is 5.91 Å². The van der Waals surface area contributed by atoms with E-state index in [9.17, 15) is 116 Å². The number of rotatable bonds is 23. The SMILES string of the molecule is CC(=O)N[C@@H]1[C@@H](O)[C@H](O[C@@H]2O[C@H](C(=O)O)[C@@H](O[C@@H]3O[C@H](CO)[C@@H](O[C@H]4O[C@@H](C(=O)O)[C@H](O)[C@@H](O)[C@@H]4OS(=O)(=O)O)[C@H](OS(=O)(=O)O)[C@H]3NS(=O)(=O)O)[C@H](O)[C@H]2OS(=O)(=O)O)[C@H](COS(=O)(=O)O)O[C@H]1O.CCN(CC)C(=S)S. The summed E-state index contributed by atoms with van der Waals surface area (Å²) in [6, 6.07) is -4.96. The molecule has 0 aliphatic carbocycles. The van der Waals surface area contributed by atoms with Crippen LogP contribution in [0.15, 0.2) is 0 Å². The molecular weight excluding hydrogens is 1230 g/mol. The maximum absolute atomic E-state index is 12.7. The Morgan fingerprint density at radius 2 is 1.04 bits per heavy atom. The number of hydrogen-bond acceptors (Lipinski definition) is 31. The Balaban J connectivity index is 0.00000184. The van der Waals surface area contributed by atoms with Gasteiger partial charge in [-0.1, -0.05) is 12.2 Å². The van der Waals surface area contributed by atoms with Crippen LogP contribution in [0.2, 0.25) is 0 Å². The number of carboxylic acid groups (broad SMARTS) is 2. The molecule has 0 radical (unpaired) electrons. The zero-order valence-electron chi connectivity index (χ0n) is 39.3. The molecule has 47 heteroatoms. The molecule has 0 spiro atoms. The molecule has 0 unspecified atom stereocenters. The average Bonchev–Trinajstić information content (AvgIpc) is 3.27. The number of aliphatic hydroxyl groups is 6. The van der Waals surface area contributed by atoms with E-state index in [1.807, 2.05) is 10.2 Å². The lowest BCUT2D eigenvalue weighted by molar-refractivity contribution is -0.366. The number of nitrogens with one attached hydrogen (secondary N) is 2. The third-order valence-electron chi connectivity index (χ3n) is 10.7. The van der Waals surface area contributed by atoms with Crippen LogP contribution in [0.4, 0.5) is 0 Å². The fourth-order valence-corrected chi connectivity index (χ4v) is 10.5. The van der Waals surface area contributed by atoms with Crippen molar-refractivity contribution in [2.45, 2.75) is 143 Å². The third kappa shape index (κ3) is 20.4. The molecule has 1 amide bonds. The number of aliphatic hydroxyl groups excluding tert-OH is 6. The lowest BCUT2D eigenvalue weighted by atomic mass is 9.94. The summed E-state index contributed by atoms with van der Waals surface area (Å²) in [5.74, 6) is -5.49. The number of aliphatic carboxylic acids is 2. The third-order valence-corrected chi connectivity index (χ3v) is 13.7. The van der Waals surface area contributed by atoms with E-state index in [-0.39, 0.29) is 0 Å². The van der Waals surface area contributed by atoms with Gasteiger partial charge in [-0.05, 0) is 13.8 Å². The Labute approximate surface area is 451 Å². The molecule has 20 atom stereocenters. The number of thiol groups is 1. The summed E-state index contributed by atoms with van der Waals surface area (Å²) >= 11 is 8.82. The summed E-state index contributed by atoms with van der Waals surface area (Å²) in [7, 11) is -29.1. The van der Waals surface area contributed by atoms with E-state index in [1.165, 1.54) is 4.72 Å². The van der Waals surface area contributed by atoms with Crippen LogP contribution in [0.5, 0.6) is 0 Å². The van der Waals surface area contributed by atoms with E-state index in [0.29, 0.717) is 4.32 Å². The normalized spacial score (nSPS) is 36.1. The van der Waals surface area contributed by atoms with Crippen molar-refractivity contribution >= 4 is 98.9 Å². The Morgan fingerprint density at radius 1 is 0.577 bits per heavy atom. The molecule has 40 nitrogen and oxygen atoms in total. The molecule has 4 heterocycles. The van der Waals surface area contributed by atoms with Crippen LogP contribution in [0.25, 0.3) is 0 Å². The number of thiocarbonyl (C=S) groups is 1. The molecule has 78 heavy (non-hydrogen) atoms. The highest BCUT2D eigenvalue weighted by Gasteiger charge is 2.60. The van der Waals surface area contributed by atoms with E-state index in [4.69, 9.17) is 49.9 Å². The van der Waals surface area contributed by atoms with E-state index < -0.39 is 206 Å². The fraction of sp³-hybridized carbons (Fsp3) is 0.871. The monoisotopic (exact) mass is 1280 g/mol. The van der Waals surface area contributed by atoms with Crippen molar-refractivity contribution in [2.24, 2.45) is 0 Å². The van der Waals surface area contributed by atoms with E-state index >= 15 is 0 Å². The molecule has 0 aromatic carbocycles. The van der Waals surface area contributed by atoms with Gasteiger partial charge in [0.25, 0.3) is 0 Å². The van der Waals surface area contributed by atoms with Crippen molar-refractivity contribution in [1.29, 1.82) is 0 Å². The number of carbonyl (C=O) groups excluding carboxylic acids is 1. The minimum absolute atomic E-state index is 0.690. The minimum Gasteiger partial charge on any atom is -0.479 e. The number of hydrogen-bond donors (Lipinski definition) is 16. The number of nitrogens with zero attached hydrogens (tertiary/aromatic N) is 1. The number of carbonyl (C=O) groups is 3. The predicted molar refractivity (Wildman–Crippen MR) is 245 cm³/mol. The highest BCUT2D eigenvalue weighted by molar-refractivity contribution is 8.10. The predicted octanol–water partition coefficient (Wildman–Crippen LogP) is -9.17. The summed E-state index contributed by atoms with van der Waals surface area (Å²) in [4.78, 5) is 38.4. The summed E-state index contributed by atoms with van der Waals surface area (Å²) in [6.07, 6.45) is -49.1. The highest BCUT2D eigenvalue weighted by Crippen LogP contribution is 2.37. The fourth-order valence-electron chi connectivity index (χ4n) is 7.55. The molecule has 4 fully saturated rings. The van der Waals surface area contributed by atoms with Crippen LogP contribution in [0, 0.1) is 0 Å². The first-order valence-electron chi connectivity index (χ1n) is 21.2. The van der Waals surface area contributed by atoms with Gasteiger partial charge in [-0.3, -0.25) is 27.6 Å². The van der Waals surface area contributed by atoms with Gasteiger partial charge in [0.15, 0.2) is 49.6 Å². The van der Waals surface area contributed by atoms with Gasteiger partial charge < -0.3 is 84.2 Å². The Morgan fingerprint density at radius 3 is 1.45 bits per heavy atom. The first kappa shape index (κ1) is 69.7. The standard InChI is InChI=1S/C26H42N2O37S5.C5H11NS2/c1-4(30)27-7-9(31)13(6(56-23(7)39)3-55-67(43,44)45)58-26-19(65-70(52,53)54)12(34)16(20(62-26)22(37)38)60-24-8(28-66(40,41)42)15(63-68(46,47)48)14(5(2-29)57-24)59-25-18(64-69(49,50)51)11(33)10(32)17(61-25)21(35)36;1-3-6(4-2)5(7)8/h5-20,23-26,28-29,31-34,39H,2-3H2,1H3,(H,27,30)(H,35,36)(H,37,38)(H,40,41,42)(H,43,44,45)(H,46,47,48)(H,49,50,51)(H,52,53,54);3-4H2,1-2H3,(H,7,8)/t5-,6+,7-,8-,9-,10-,11-,12+,13-,14-,15-,16+,17-,18+,19-,20+,23-,24+,25+,26-;/m1./s1. The number of ether oxygens (including phenoxy) is 7. The van der Waals surface area contributed by atoms with Crippen molar-refractivity contribution in [2.75, 3.05) is 26.3 Å². The highest BCUT2D eigenvalue weighted by atomic mass is 32.3. The van der Waals surface area contributed by atoms with Gasteiger partial charge in [0, 0.05) is 20.0 Å². The molecule has 0 aromatic heterocycles. The summed E-state index contributed by atoms with van der Waals surface area (Å²) < 4.78 is 223. The van der Waals surface area contributed by atoms with Gasteiger partial charge in [-0.25, -0.2) is 26.3 Å². The van der Waals surface area contributed by atoms with Crippen molar-refractivity contribution in [1.82, 2.24) is 14.9 Å². The van der Waals surface area contributed by atoms with Crippen LogP contribution in [-0.4, -0.2) is 282 Å². The molecule has 0 saturated carbocycles. The van der Waals surface area contributed by atoms with Crippen molar-refractivity contribution in [3.63, 3.8) is 0 Å². The summed E-state index contributed by atoms with van der Waals surface area (Å²) in [6.45, 7) is 3.80. The minimum atomic E-state index is -6.09. The molecule has 4 saturated heterocycles. The lowest BCUT2D eigenvalue weighted by Gasteiger charge is -2.50. The average molecular weight is 1280 g/mol. The van der Waals surface area contributed by atoms with Crippen LogP contribution in [-0.2, 0) is 116 Å². The van der Waals surface area contributed by atoms with Crippen LogP contribution < -0.4 is 10.0 Å². The molecule has 15 N–H and O–H groups in total. The summed E-state index contributed by atoms with van der Waals surface area (Å²) in [5.41, 5.74) is 0. The topological polar surface area (TPSA) is 614 Å². The van der Waals surface area contributed by atoms with Crippen LogP contribution in [0.3, 0.4) is 0 Å². The van der Waals surface area contributed by atoms with Crippen molar-refractivity contribution in [3.05, 3.63) is 0 Å². The van der Waals surface area contributed by atoms with Gasteiger partial charge in [-0.15, -0.1) is 12.6 Å². The molecule has 4 aliphatic rings. The van der Waals surface area contributed by atoms with E-state index in [0.717, 1.165) is 20.0 Å². The van der Waals surface area contributed by atoms with Crippen LogP contribution in [0.1, 0.15) is 20.8 Å². The maximum atomic E-state index is 12.7. The van der Waals surface area contributed by atoms with Crippen LogP contribution >= 0.6 is 24.8 Å².